The van der Waals surface area contributed by atoms with Gasteiger partial charge in [0.15, 0.2) is 6.61 Å². The molecule has 162 valence electrons. The van der Waals surface area contributed by atoms with Gasteiger partial charge in [-0.3, -0.25) is 14.7 Å². The lowest BCUT2D eigenvalue weighted by Gasteiger charge is -2.22. The number of hydrogen-bond acceptors (Lipinski definition) is 6. The number of benzene rings is 1. The smallest absolute Gasteiger partial charge is 0.336 e. The Morgan fingerprint density at radius 3 is 2.74 bits per heavy atom. The summed E-state index contributed by atoms with van der Waals surface area (Å²) in [5, 5.41) is 0.891. The maximum Gasteiger partial charge on any atom is 0.336 e. The number of hydrogen-bond donors (Lipinski definition) is 0. The molecule has 2 aromatic heterocycles. The second-order valence-corrected chi connectivity index (χ2v) is 7.76. The zero-order valence-corrected chi connectivity index (χ0v) is 17.8. The third-order valence-electron chi connectivity index (χ3n) is 5.64. The Labute approximate surface area is 181 Å². The van der Waals surface area contributed by atoms with Crippen LogP contribution in [-0.4, -0.2) is 53.5 Å². The Bertz CT molecular complexity index is 1100. The summed E-state index contributed by atoms with van der Waals surface area (Å²) in [4.78, 5) is 32.7. The van der Waals surface area contributed by atoms with Crippen molar-refractivity contribution in [1.82, 2.24) is 14.8 Å². The maximum absolute atomic E-state index is 12.7. The lowest BCUT2D eigenvalue weighted by molar-refractivity contribution is -0.133. The Morgan fingerprint density at radius 2 is 1.94 bits per heavy atom. The Balaban J connectivity index is 1.34. The number of aryl methyl sites for hydroxylation is 1. The van der Waals surface area contributed by atoms with Crippen LogP contribution in [0.1, 0.15) is 24.5 Å². The first-order valence-electron chi connectivity index (χ1n) is 10.7. The number of pyridine rings is 1. The molecule has 0 radical (unpaired) electrons. The summed E-state index contributed by atoms with van der Waals surface area (Å²) in [6.45, 7) is 6.01. The van der Waals surface area contributed by atoms with Crippen LogP contribution in [0.25, 0.3) is 11.0 Å². The fourth-order valence-electron chi connectivity index (χ4n) is 3.95. The van der Waals surface area contributed by atoms with E-state index in [1.54, 1.807) is 18.5 Å². The van der Waals surface area contributed by atoms with Crippen LogP contribution >= 0.6 is 0 Å². The highest BCUT2D eigenvalue weighted by atomic mass is 16.5. The quantitative estimate of drug-likeness (QED) is 0.570. The highest BCUT2D eigenvalue weighted by Gasteiger charge is 2.20. The van der Waals surface area contributed by atoms with Gasteiger partial charge in [-0.05, 0) is 48.2 Å². The lowest BCUT2D eigenvalue weighted by atomic mass is 10.1. The van der Waals surface area contributed by atoms with Crippen molar-refractivity contribution < 1.29 is 13.9 Å². The van der Waals surface area contributed by atoms with E-state index in [0.29, 0.717) is 17.9 Å². The number of carbonyl (C=O) groups excluding carboxylic acids is 1. The van der Waals surface area contributed by atoms with Crippen molar-refractivity contribution in [3.05, 3.63) is 70.3 Å². The van der Waals surface area contributed by atoms with Crippen LogP contribution in [0.2, 0.25) is 0 Å². The van der Waals surface area contributed by atoms with Crippen LogP contribution in [0, 0.1) is 0 Å². The van der Waals surface area contributed by atoms with Gasteiger partial charge in [-0.15, -0.1) is 0 Å². The van der Waals surface area contributed by atoms with E-state index in [2.05, 4.69) is 9.88 Å². The van der Waals surface area contributed by atoms with E-state index in [0.717, 1.165) is 50.0 Å². The van der Waals surface area contributed by atoms with E-state index in [-0.39, 0.29) is 18.1 Å². The predicted octanol–water partition coefficient (Wildman–Crippen LogP) is 2.86. The molecular formula is C24H27N3O4. The molecule has 4 rings (SSSR count). The highest BCUT2D eigenvalue weighted by Crippen LogP contribution is 2.23. The van der Waals surface area contributed by atoms with Crippen LogP contribution in [-0.2, 0) is 17.8 Å². The predicted molar refractivity (Wildman–Crippen MR) is 118 cm³/mol. The average molecular weight is 421 g/mol. The van der Waals surface area contributed by atoms with Crippen LogP contribution in [0.4, 0.5) is 0 Å². The molecule has 1 aliphatic rings. The van der Waals surface area contributed by atoms with Gasteiger partial charge in [0.25, 0.3) is 5.91 Å². The number of rotatable bonds is 6. The van der Waals surface area contributed by atoms with Crippen LogP contribution in [0.5, 0.6) is 5.75 Å². The molecule has 1 saturated heterocycles. The fraction of sp³-hybridized carbons (Fsp3) is 0.375. The first-order valence-corrected chi connectivity index (χ1v) is 10.7. The molecule has 1 aliphatic heterocycles. The molecule has 7 nitrogen and oxygen atoms in total. The molecular weight excluding hydrogens is 394 g/mol. The largest absolute Gasteiger partial charge is 0.484 e. The second-order valence-electron chi connectivity index (χ2n) is 7.76. The molecule has 3 aromatic rings. The fourth-order valence-corrected chi connectivity index (χ4v) is 3.95. The molecule has 0 aliphatic carbocycles. The highest BCUT2D eigenvalue weighted by molar-refractivity contribution is 5.82. The van der Waals surface area contributed by atoms with Gasteiger partial charge >= 0.3 is 5.63 Å². The zero-order valence-electron chi connectivity index (χ0n) is 17.8. The zero-order chi connectivity index (χ0) is 21.6. The molecule has 31 heavy (non-hydrogen) atoms. The van der Waals surface area contributed by atoms with E-state index in [1.807, 2.05) is 36.1 Å². The first-order chi connectivity index (χ1) is 15.1. The standard InChI is InChI=1S/C24H27N3O4/c1-2-19-14-24(29)31-22-15-20(4-5-21(19)22)30-17-23(28)27-11-3-10-26(12-13-27)16-18-6-8-25-9-7-18/h4-9,14-15H,2-3,10-13,16-17H2,1H3. The van der Waals surface area contributed by atoms with Crippen molar-refractivity contribution in [2.45, 2.75) is 26.3 Å². The summed E-state index contributed by atoms with van der Waals surface area (Å²) in [6, 6.07) is 10.9. The van der Waals surface area contributed by atoms with E-state index in [9.17, 15) is 9.59 Å². The molecule has 0 atom stereocenters. The number of fused-ring (bicyclic) bond motifs is 1. The van der Waals surface area contributed by atoms with E-state index in [4.69, 9.17) is 9.15 Å². The van der Waals surface area contributed by atoms with Gasteiger partial charge in [-0.1, -0.05) is 6.92 Å². The average Bonchev–Trinajstić information content (AvgIpc) is 3.03. The van der Waals surface area contributed by atoms with Crippen LogP contribution in [0.3, 0.4) is 0 Å². The summed E-state index contributed by atoms with van der Waals surface area (Å²) >= 11 is 0. The Morgan fingerprint density at radius 1 is 1.10 bits per heavy atom. The second kappa shape index (κ2) is 9.75. The first kappa shape index (κ1) is 21.1. The van der Waals surface area contributed by atoms with Gasteiger partial charge in [-0.25, -0.2) is 4.79 Å². The van der Waals surface area contributed by atoms with Gasteiger partial charge < -0.3 is 14.1 Å². The van der Waals surface area contributed by atoms with Crippen LogP contribution < -0.4 is 10.4 Å². The summed E-state index contributed by atoms with van der Waals surface area (Å²) in [5.74, 6) is 0.487. The molecule has 0 unspecified atom stereocenters. The molecule has 1 aromatic carbocycles. The third-order valence-corrected chi connectivity index (χ3v) is 5.64. The van der Waals surface area contributed by atoms with Crippen molar-refractivity contribution in [1.29, 1.82) is 0 Å². The summed E-state index contributed by atoms with van der Waals surface area (Å²) in [6.07, 6.45) is 5.29. The third kappa shape index (κ3) is 5.30. The molecule has 1 fully saturated rings. The number of amides is 1. The van der Waals surface area contributed by atoms with E-state index in [1.165, 1.54) is 11.6 Å². The SMILES string of the molecule is CCc1cc(=O)oc2cc(OCC(=O)N3CCCN(Cc4ccncc4)CC3)ccc12. The minimum absolute atomic E-state index is 0.0328. The maximum atomic E-state index is 12.7. The van der Waals surface area contributed by atoms with Crippen molar-refractivity contribution in [2.24, 2.45) is 0 Å². The van der Waals surface area contributed by atoms with E-state index >= 15 is 0 Å². The summed E-state index contributed by atoms with van der Waals surface area (Å²) in [5.41, 5.74) is 2.27. The Hall–Kier alpha value is -3.19. The van der Waals surface area contributed by atoms with E-state index < -0.39 is 0 Å². The van der Waals surface area contributed by atoms with Gasteiger partial charge in [0.2, 0.25) is 0 Å². The summed E-state index contributed by atoms with van der Waals surface area (Å²) < 4.78 is 11.0. The number of ether oxygens (including phenoxy) is 1. The molecule has 0 bridgehead atoms. The van der Waals surface area contributed by atoms with Gasteiger partial charge in [0.1, 0.15) is 11.3 Å². The molecule has 0 spiro atoms. The van der Waals surface area contributed by atoms with Crippen molar-refractivity contribution in [2.75, 3.05) is 32.8 Å². The summed E-state index contributed by atoms with van der Waals surface area (Å²) in [7, 11) is 0. The van der Waals surface area contributed by atoms with Gasteiger partial charge in [0.05, 0.1) is 0 Å². The minimum Gasteiger partial charge on any atom is -0.484 e. The number of carbonyl (C=O) groups is 1. The van der Waals surface area contributed by atoms with Crippen molar-refractivity contribution in [3.8, 4) is 5.75 Å². The normalized spacial score (nSPS) is 15.1. The molecule has 0 saturated carbocycles. The number of nitrogens with zero attached hydrogens (tertiary/aromatic N) is 3. The van der Waals surface area contributed by atoms with Crippen molar-refractivity contribution in [3.63, 3.8) is 0 Å². The lowest BCUT2D eigenvalue weighted by Crippen LogP contribution is -2.38. The van der Waals surface area contributed by atoms with Crippen molar-refractivity contribution >= 4 is 16.9 Å². The minimum atomic E-state index is -0.376. The monoisotopic (exact) mass is 421 g/mol. The molecule has 1 amide bonds. The number of aromatic nitrogens is 1. The molecule has 3 heterocycles. The molecule has 0 N–H and O–H groups in total. The van der Waals surface area contributed by atoms with Crippen LogP contribution in [0.15, 0.2) is 58.0 Å². The van der Waals surface area contributed by atoms with Gasteiger partial charge in [-0.2, -0.15) is 0 Å². The Kier molecular flexibility index (Phi) is 6.62. The van der Waals surface area contributed by atoms with Gasteiger partial charge in [0, 0.05) is 62.6 Å². The topological polar surface area (TPSA) is 75.9 Å². The molecule has 7 heteroatoms.